The summed E-state index contributed by atoms with van der Waals surface area (Å²) in [7, 11) is 3.26. The third-order valence-corrected chi connectivity index (χ3v) is 4.85. The lowest BCUT2D eigenvalue weighted by Crippen LogP contribution is -1.99. The maximum atomic E-state index is 12.7. The van der Waals surface area contributed by atoms with E-state index < -0.39 is 0 Å². The maximum Gasteiger partial charge on any atom is 0.194 e. The lowest BCUT2D eigenvalue weighted by atomic mass is 10.0. The zero-order chi connectivity index (χ0) is 17.1. The molecule has 0 aliphatic rings. The Morgan fingerprint density at radius 3 is 2.50 bits per heavy atom. The number of carbonyl (C=O) groups excluding carboxylic acids is 1. The molecule has 1 heterocycles. The van der Waals surface area contributed by atoms with E-state index in [1.54, 1.807) is 37.7 Å². The van der Waals surface area contributed by atoms with Gasteiger partial charge in [0.15, 0.2) is 5.78 Å². The van der Waals surface area contributed by atoms with Crippen LogP contribution in [0, 0.1) is 6.92 Å². The van der Waals surface area contributed by atoms with Crippen LogP contribution < -0.4 is 9.47 Å². The van der Waals surface area contributed by atoms with Crippen molar-refractivity contribution < 1.29 is 14.3 Å². The second-order valence-electron chi connectivity index (χ2n) is 5.45. The van der Waals surface area contributed by atoms with Gasteiger partial charge < -0.3 is 9.47 Å². The number of hydrogen-bond acceptors (Lipinski definition) is 4. The summed E-state index contributed by atoms with van der Waals surface area (Å²) in [5, 5.41) is 1.90. The number of carbonyl (C=O) groups is 1. The molecular formula is C20H18O3S. The summed E-state index contributed by atoms with van der Waals surface area (Å²) in [6.07, 6.45) is 0. The number of thiophene rings is 1. The van der Waals surface area contributed by atoms with Crippen LogP contribution in [0.5, 0.6) is 11.5 Å². The van der Waals surface area contributed by atoms with Gasteiger partial charge in [-0.3, -0.25) is 4.79 Å². The van der Waals surface area contributed by atoms with Crippen molar-refractivity contribution in [2.24, 2.45) is 0 Å². The summed E-state index contributed by atoms with van der Waals surface area (Å²) in [5.74, 6) is 1.55. The molecule has 0 saturated carbocycles. The maximum absolute atomic E-state index is 12.7. The van der Waals surface area contributed by atoms with E-state index in [9.17, 15) is 4.79 Å². The van der Waals surface area contributed by atoms with Gasteiger partial charge in [-0.2, -0.15) is 0 Å². The van der Waals surface area contributed by atoms with Gasteiger partial charge in [0.2, 0.25) is 0 Å². The molecule has 1 aromatic heterocycles. The van der Waals surface area contributed by atoms with Gasteiger partial charge in [-0.1, -0.05) is 12.1 Å². The molecule has 0 atom stereocenters. The van der Waals surface area contributed by atoms with Crippen LogP contribution in [0.1, 0.15) is 21.5 Å². The van der Waals surface area contributed by atoms with E-state index in [4.69, 9.17) is 9.47 Å². The average molecular weight is 338 g/mol. The van der Waals surface area contributed by atoms with Gasteiger partial charge in [0.1, 0.15) is 11.5 Å². The first kappa shape index (κ1) is 16.3. The first-order valence-corrected chi connectivity index (χ1v) is 8.42. The summed E-state index contributed by atoms with van der Waals surface area (Å²) in [6, 6.07) is 15.2. The quantitative estimate of drug-likeness (QED) is 0.616. The molecule has 0 N–H and O–H groups in total. The zero-order valence-electron chi connectivity index (χ0n) is 13.8. The second-order valence-corrected chi connectivity index (χ2v) is 6.36. The van der Waals surface area contributed by atoms with Crippen molar-refractivity contribution in [1.29, 1.82) is 0 Å². The Morgan fingerprint density at radius 2 is 1.79 bits per heavy atom. The van der Waals surface area contributed by atoms with Crippen molar-refractivity contribution in [3.63, 3.8) is 0 Å². The lowest BCUT2D eigenvalue weighted by molar-refractivity contribution is 0.103. The SMILES string of the molecule is COc1cccc(C(=O)c2csc(-c3ccc(OC)c(C)c3)c2)c1. The highest BCUT2D eigenvalue weighted by Gasteiger charge is 2.13. The normalized spacial score (nSPS) is 10.5. The van der Waals surface area contributed by atoms with E-state index in [2.05, 4.69) is 6.07 Å². The van der Waals surface area contributed by atoms with Gasteiger partial charge in [-0.15, -0.1) is 11.3 Å². The molecule has 4 heteroatoms. The number of methoxy groups -OCH3 is 2. The minimum atomic E-state index is 0.00151. The predicted octanol–water partition coefficient (Wildman–Crippen LogP) is 4.97. The highest BCUT2D eigenvalue weighted by molar-refractivity contribution is 7.13. The Kier molecular flexibility index (Phi) is 4.67. The molecule has 2 aromatic carbocycles. The van der Waals surface area contributed by atoms with Crippen molar-refractivity contribution in [2.75, 3.05) is 14.2 Å². The number of aryl methyl sites for hydroxylation is 1. The molecule has 0 aliphatic carbocycles. The van der Waals surface area contributed by atoms with Crippen molar-refractivity contribution in [3.8, 4) is 21.9 Å². The van der Waals surface area contributed by atoms with E-state index in [-0.39, 0.29) is 5.78 Å². The summed E-state index contributed by atoms with van der Waals surface area (Å²) in [5.41, 5.74) is 3.48. The molecule has 0 fully saturated rings. The van der Waals surface area contributed by atoms with Crippen LogP contribution in [0.25, 0.3) is 10.4 Å². The minimum absolute atomic E-state index is 0.00151. The van der Waals surface area contributed by atoms with Crippen LogP contribution in [0.3, 0.4) is 0 Å². The summed E-state index contributed by atoms with van der Waals surface area (Å²) >= 11 is 1.56. The Bertz CT molecular complexity index is 880. The fourth-order valence-electron chi connectivity index (χ4n) is 2.57. The van der Waals surface area contributed by atoms with Gasteiger partial charge in [0.05, 0.1) is 14.2 Å². The number of benzene rings is 2. The zero-order valence-corrected chi connectivity index (χ0v) is 14.6. The second kappa shape index (κ2) is 6.89. The van der Waals surface area contributed by atoms with Crippen molar-refractivity contribution in [1.82, 2.24) is 0 Å². The molecule has 3 aromatic rings. The number of ketones is 1. The fraction of sp³-hybridized carbons (Fsp3) is 0.150. The monoisotopic (exact) mass is 338 g/mol. The molecule has 0 amide bonds. The molecule has 0 aliphatic heterocycles. The predicted molar refractivity (Wildman–Crippen MR) is 97.5 cm³/mol. The molecular weight excluding hydrogens is 320 g/mol. The van der Waals surface area contributed by atoms with E-state index in [0.717, 1.165) is 21.8 Å². The third-order valence-electron chi connectivity index (χ3n) is 3.87. The molecule has 24 heavy (non-hydrogen) atoms. The Hall–Kier alpha value is -2.59. The van der Waals surface area contributed by atoms with Crippen LogP contribution in [-0.2, 0) is 0 Å². The summed E-state index contributed by atoms with van der Waals surface area (Å²) < 4.78 is 10.5. The van der Waals surface area contributed by atoms with Crippen LogP contribution in [0.15, 0.2) is 53.9 Å². The standard InChI is InChI=1S/C20H18O3S/c1-13-9-14(7-8-18(13)23-3)19-11-16(12-24-19)20(21)15-5-4-6-17(10-15)22-2/h4-12H,1-3H3. The number of hydrogen-bond donors (Lipinski definition) is 0. The molecule has 0 spiro atoms. The van der Waals surface area contributed by atoms with Crippen LogP contribution in [0.2, 0.25) is 0 Å². The first-order valence-electron chi connectivity index (χ1n) is 7.54. The molecule has 122 valence electrons. The lowest BCUT2D eigenvalue weighted by Gasteiger charge is -2.06. The van der Waals surface area contributed by atoms with Crippen LogP contribution >= 0.6 is 11.3 Å². The molecule has 3 rings (SSSR count). The number of ether oxygens (including phenoxy) is 2. The van der Waals surface area contributed by atoms with Gasteiger partial charge in [-0.05, 0) is 54.4 Å². The van der Waals surface area contributed by atoms with Crippen molar-refractivity contribution >= 4 is 17.1 Å². The van der Waals surface area contributed by atoms with Gasteiger partial charge in [0, 0.05) is 21.4 Å². The molecule has 3 nitrogen and oxygen atoms in total. The van der Waals surface area contributed by atoms with Gasteiger partial charge >= 0.3 is 0 Å². The van der Waals surface area contributed by atoms with E-state index in [0.29, 0.717) is 16.9 Å². The van der Waals surface area contributed by atoms with Crippen LogP contribution in [0.4, 0.5) is 0 Å². The fourth-order valence-corrected chi connectivity index (χ4v) is 3.46. The summed E-state index contributed by atoms with van der Waals surface area (Å²) in [6.45, 7) is 2.01. The molecule has 0 unspecified atom stereocenters. The largest absolute Gasteiger partial charge is 0.497 e. The highest BCUT2D eigenvalue weighted by atomic mass is 32.1. The van der Waals surface area contributed by atoms with Gasteiger partial charge in [0.25, 0.3) is 0 Å². The minimum Gasteiger partial charge on any atom is -0.497 e. The Labute approximate surface area is 145 Å². The molecule has 0 saturated heterocycles. The average Bonchev–Trinajstić information content (AvgIpc) is 3.11. The third kappa shape index (κ3) is 3.19. The number of rotatable bonds is 5. The highest BCUT2D eigenvalue weighted by Crippen LogP contribution is 2.31. The molecule has 0 radical (unpaired) electrons. The van der Waals surface area contributed by atoms with E-state index in [1.807, 2.05) is 42.6 Å². The van der Waals surface area contributed by atoms with Crippen molar-refractivity contribution in [3.05, 3.63) is 70.6 Å². The van der Waals surface area contributed by atoms with Crippen molar-refractivity contribution in [2.45, 2.75) is 6.92 Å². The summed E-state index contributed by atoms with van der Waals surface area (Å²) in [4.78, 5) is 13.7. The van der Waals surface area contributed by atoms with Crippen LogP contribution in [-0.4, -0.2) is 20.0 Å². The van der Waals surface area contributed by atoms with E-state index in [1.165, 1.54) is 0 Å². The van der Waals surface area contributed by atoms with Gasteiger partial charge in [-0.25, -0.2) is 0 Å². The molecule has 0 bridgehead atoms. The Balaban J connectivity index is 1.90. The smallest absolute Gasteiger partial charge is 0.194 e. The topological polar surface area (TPSA) is 35.5 Å². The first-order chi connectivity index (χ1) is 11.6. The van der Waals surface area contributed by atoms with E-state index >= 15 is 0 Å². The Morgan fingerprint density at radius 1 is 0.958 bits per heavy atom.